The first-order valence-corrected chi connectivity index (χ1v) is 12.7. The van der Waals surface area contributed by atoms with Crippen molar-refractivity contribution in [1.29, 1.82) is 0 Å². The average Bonchev–Trinajstić information content (AvgIpc) is 3.26. The average molecular weight is 460 g/mol. The van der Waals surface area contributed by atoms with Crippen LogP contribution >= 0.6 is 0 Å². The molecule has 0 aliphatic carbocycles. The number of aryl methyl sites for hydroxylation is 1. The monoisotopic (exact) mass is 459 g/mol. The number of nitrogens with two attached hydrogens (primary N) is 1. The zero-order valence-corrected chi connectivity index (χ0v) is 20.3. The van der Waals surface area contributed by atoms with Crippen molar-refractivity contribution in [2.45, 2.75) is 57.2 Å². The van der Waals surface area contributed by atoms with Gasteiger partial charge in [-0.1, -0.05) is 36.4 Å². The van der Waals surface area contributed by atoms with Crippen molar-refractivity contribution in [1.82, 2.24) is 4.90 Å². The Hall–Kier alpha value is -2.70. The van der Waals surface area contributed by atoms with Gasteiger partial charge in [-0.25, -0.2) is 0 Å². The molecule has 2 N–H and O–H groups in total. The van der Waals surface area contributed by atoms with Crippen molar-refractivity contribution in [2.24, 2.45) is 15.9 Å². The van der Waals surface area contributed by atoms with Gasteiger partial charge in [-0.3, -0.25) is 9.89 Å². The molecule has 0 bridgehead atoms. The summed E-state index contributed by atoms with van der Waals surface area (Å²) >= 11 is 0. The summed E-state index contributed by atoms with van der Waals surface area (Å²) in [6, 6.07) is 17.5. The van der Waals surface area contributed by atoms with Gasteiger partial charge in [-0.05, 0) is 68.8 Å². The largest absolute Gasteiger partial charge is 0.376 e. The number of aliphatic imine (C=N–C) groups is 1. The molecule has 3 aliphatic rings. The molecule has 3 saturated heterocycles. The van der Waals surface area contributed by atoms with Crippen LogP contribution in [0.4, 0.5) is 5.69 Å². The standard InChI is InChI=1S/C28H37N5O/c1-22-16-24(11-12-26(22)27(31-29)18-30-17-25-10-5-6-15-34-25)32-20-28(21-32)13-7-14-33(28)19-23-8-3-2-4-9-23/h2-4,8-9,11-12,16,18,25H,5-7,10,13-15,17,19-21,29H2,1H3/b30-18?,31-27+. The summed E-state index contributed by atoms with van der Waals surface area (Å²) in [7, 11) is 0. The molecule has 0 saturated carbocycles. The topological polar surface area (TPSA) is 66.5 Å². The fourth-order valence-corrected chi connectivity index (χ4v) is 5.76. The van der Waals surface area contributed by atoms with Crippen LogP contribution in [-0.4, -0.2) is 61.3 Å². The van der Waals surface area contributed by atoms with Crippen LogP contribution in [0.25, 0.3) is 0 Å². The zero-order chi connectivity index (χ0) is 23.4. The minimum absolute atomic E-state index is 0.225. The molecular weight excluding hydrogens is 422 g/mol. The normalized spacial score (nSPS) is 23.0. The number of hydrogen-bond acceptors (Lipinski definition) is 6. The maximum Gasteiger partial charge on any atom is 0.108 e. The third-order valence-corrected chi connectivity index (χ3v) is 7.71. The Bertz CT molecular complexity index is 1020. The SMILES string of the molecule is Cc1cc(N2CC3(CCCN3Cc3ccccc3)C2)ccc1/C(C=NCC1CCCCO1)=N/N. The van der Waals surface area contributed by atoms with E-state index in [2.05, 4.69) is 75.3 Å². The molecule has 0 amide bonds. The smallest absolute Gasteiger partial charge is 0.108 e. The molecule has 3 aliphatic heterocycles. The van der Waals surface area contributed by atoms with Crippen molar-refractivity contribution in [2.75, 3.05) is 37.7 Å². The van der Waals surface area contributed by atoms with Crippen molar-refractivity contribution in [3.05, 3.63) is 65.2 Å². The van der Waals surface area contributed by atoms with Crippen LogP contribution < -0.4 is 10.7 Å². The van der Waals surface area contributed by atoms with Gasteiger partial charge in [0, 0.05) is 43.7 Å². The highest BCUT2D eigenvalue weighted by atomic mass is 16.5. The van der Waals surface area contributed by atoms with Crippen LogP contribution in [0.15, 0.2) is 58.6 Å². The number of likely N-dealkylation sites (tertiary alicyclic amines) is 1. The Morgan fingerprint density at radius 3 is 2.74 bits per heavy atom. The van der Waals surface area contributed by atoms with E-state index in [4.69, 9.17) is 10.6 Å². The van der Waals surface area contributed by atoms with E-state index in [1.165, 1.54) is 42.6 Å². The Labute approximate surface area is 203 Å². The molecule has 1 spiro atoms. The molecule has 6 nitrogen and oxygen atoms in total. The quantitative estimate of drug-likeness (QED) is 0.384. The van der Waals surface area contributed by atoms with Crippen molar-refractivity contribution < 1.29 is 4.74 Å². The van der Waals surface area contributed by atoms with E-state index in [0.717, 1.165) is 50.4 Å². The maximum absolute atomic E-state index is 5.77. The van der Waals surface area contributed by atoms with E-state index >= 15 is 0 Å². The number of ether oxygens (including phenoxy) is 1. The van der Waals surface area contributed by atoms with Gasteiger partial charge in [-0.15, -0.1) is 0 Å². The second-order valence-corrected chi connectivity index (χ2v) is 10.1. The number of hydrogen-bond donors (Lipinski definition) is 1. The van der Waals surface area contributed by atoms with Crippen LogP contribution in [0.1, 0.15) is 48.8 Å². The summed E-state index contributed by atoms with van der Waals surface area (Å²) in [6.45, 7) is 8.09. The van der Waals surface area contributed by atoms with Crippen molar-refractivity contribution in [3.8, 4) is 0 Å². The van der Waals surface area contributed by atoms with Gasteiger partial charge >= 0.3 is 0 Å². The molecule has 5 rings (SSSR count). The molecule has 6 heteroatoms. The van der Waals surface area contributed by atoms with Crippen LogP contribution in [0.2, 0.25) is 0 Å². The van der Waals surface area contributed by atoms with Crippen molar-refractivity contribution >= 4 is 17.6 Å². The predicted molar refractivity (Wildman–Crippen MR) is 140 cm³/mol. The first-order valence-electron chi connectivity index (χ1n) is 12.7. The Balaban J connectivity index is 1.21. The number of hydrazone groups is 1. The minimum Gasteiger partial charge on any atom is -0.376 e. The maximum atomic E-state index is 5.77. The number of benzene rings is 2. The third-order valence-electron chi connectivity index (χ3n) is 7.71. The highest BCUT2D eigenvalue weighted by molar-refractivity contribution is 6.38. The molecule has 0 radical (unpaired) electrons. The van der Waals surface area contributed by atoms with Crippen LogP contribution in [0.5, 0.6) is 0 Å². The zero-order valence-electron chi connectivity index (χ0n) is 20.3. The fraction of sp³-hybridized carbons (Fsp3) is 0.500. The van der Waals surface area contributed by atoms with E-state index < -0.39 is 0 Å². The molecule has 180 valence electrons. The van der Waals surface area contributed by atoms with Gasteiger partial charge in [0.2, 0.25) is 0 Å². The minimum atomic E-state index is 0.225. The molecular formula is C28H37N5O. The molecule has 3 heterocycles. The summed E-state index contributed by atoms with van der Waals surface area (Å²) in [6.07, 6.45) is 8.07. The molecule has 3 fully saturated rings. The summed E-state index contributed by atoms with van der Waals surface area (Å²) in [5, 5.41) is 4.02. The third kappa shape index (κ3) is 4.89. The molecule has 34 heavy (non-hydrogen) atoms. The van der Waals surface area contributed by atoms with E-state index in [0.29, 0.717) is 12.1 Å². The summed E-state index contributed by atoms with van der Waals surface area (Å²) in [5.74, 6) is 5.73. The Kier molecular flexibility index (Phi) is 6.97. The van der Waals surface area contributed by atoms with Crippen molar-refractivity contribution in [3.63, 3.8) is 0 Å². The molecule has 1 unspecified atom stereocenters. The highest BCUT2D eigenvalue weighted by Crippen LogP contribution is 2.41. The molecule has 1 atom stereocenters. The van der Waals surface area contributed by atoms with Gasteiger partial charge in [0.25, 0.3) is 0 Å². The second-order valence-electron chi connectivity index (χ2n) is 10.1. The fourth-order valence-electron chi connectivity index (χ4n) is 5.76. The van der Waals surface area contributed by atoms with E-state index in [1.54, 1.807) is 6.21 Å². The molecule has 2 aromatic carbocycles. The summed E-state index contributed by atoms with van der Waals surface area (Å²) in [4.78, 5) is 9.79. The van der Waals surface area contributed by atoms with Gasteiger partial charge in [-0.2, -0.15) is 5.10 Å². The molecule has 0 aromatic heterocycles. The van der Waals surface area contributed by atoms with Crippen LogP contribution in [0.3, 0.4) is 0 Å². The van der Waals surface area contributed by atoms with E-state index in [-0.39, 0.29) is 6.10 Å². The van der Waals surface area contributed by atoms with Gasteiger partial charge in [0.05, 0.1) is 18.2 Å². The lowest BCUT2D eigenvalue weighted by Crippen LogP contribution is -2.67. The van der Waals surface area contributed by atoms with Gasteiger partial charge < -0.3 is 15.5 Å². The summed E-state index contributed by atoms with van der Waals surface area (Å²) < 4.78 is 5.77. The Morgan fingerprint density at radius 1 is 1.15 bits per heavy atom. The van der Waals surface area contributed by atoms with Crippen LogP contribution in [-0.2, 0) is 11.3 Å². The lowest BCUT2D eigenvalue weighted by atomic mass is 9.85. The predicted octanol–water partition coefficient (Wildman–Crippen LogP) is 4.15. The number of anilines is 1. The lowest BCUT2D eigenvalue weighted by molar-refractivity contribution is 0.0226. The van der Waals surface area contributed by atoms with E-state index in [1.807, 2.05) is 0 Å². The first kappa shape index (κ1) is 23.1. The number of rotatable bonds is 7. The highest BCUT2D eigenvalue weighted by Gasteiger charge is 2.50. The van der Waals surface area contributed by atoms with E-state index in [9.17, 15) is 0 Å². The second kappa shape index (κ2) is 10.3. The van der Waals surface area contributed by atoms with Gasteiger partial charge in [0.1, 0.15) is 5.71 Å². The van der Waals surface area contributed by atoms with Gasteiger partial charge in [0.15, 0.2) is 0 Å². The Morgan fingerprint density at radius 2 is 2.00 bits per heavy atom. The summed E-state index contributed by atoms with van der Waals surface area (Å²) in [5.41, 5.74) is 5.96. The molecule has 2 aromatic rings. The number of nitrogens with zero attached hydrogens (tertiary/aromatic N) is 4. The van der Waals surface area contributed by atoms with Crippen LogP contribution in [0, 0.1) is 6.92 Å². The lowest BCUT2D eigenvalue weighted by Gasteiger charge is -2.54. The first-order chi connectivity index (χ1) is 16.7.